The Morgan fingerprint density at radius 2 is 1.82 bits per heavy atom. The third-order valence-corrected chi connectivity index (χ3v) is 5.21. The van der Waals surface area contributed by atoms with Gasteiger partial charge >= 0.3 is 5.97 Å². The maximum atomic E-state index is 12.6. The Morgan fingerprint density at radius 1 is 1.06 bits per heavy atom. The molecular weight excluding hydrogens is 422 g/mol. The third-order valence-electron chi connectivity index (χ3n) is 5.21. The number of aryl methyl sites for hydroxylation is 3. The number of H-pyrrole nitrogens is 2. The predicted molar refractivity (Wildman–Crippen MR) is 126 cm³/mol. The van der Waals surface area contributed by atoms with Crippen molar-refractivity contribution in [2.45, 2.75) is 19.8 Å². The second kappa shape index (κ2) is 9.39. The van der Waals surface area contributed by atoms with Crippen LogP contribution in [0.15, 0.2) is 59.5 Å². The second-order valence-corrected chi connectivity index (χ2v) is 7.67. The monoisotopic (exact) mass is 445 g/mol. The van der Waals surface area contributed by atoms with Crippen LogP contribution in [0.4, 0.5) is 11.4 Å². The molecule has 2 aromatic carbocycles. The van der Waals surface area contributed by atoms with Crippen LogP contribution >= 0.6 is 0 Å². The zero-order chi connectivity index (χ0) is 23.4. The number of anilines is 2. The van der Waals surface area contributed by atoms with E-state index in [1.807, 2.05) is 18.3 Å². The molecule has 2 aromatic heterocycles. The van der Waals surface area contributed by atoms with Gasteiger partial charge in [0.25, 0.3) is 11.5 Å². The Bertz CT molecular complexity index is 1370. The zero-order valence-electron chi connectivity index (χ0n) is 17.9. The summed E-state index contributed by atoms with van der Waals surface area (Å²) in [5.74, 6) is -0.660. The van der Waals surface area contributed by atoms with E-state index in [2.05, 4.69) is 25.6 Å². The van der Waals surface area contributed by atoms with E-state index in [1.165, 1.54) is 0 Å². The largest absolute Gasteiger partial charge is 0.480 e. The molecule has 9 heteroatoms. The summed E-state index contributed by atoms with van der Waals surface area (Å²) in [6.07, 6.45) is 3.18. The molecule has 2 heterocycles. The van der Waals surface area contributed by atoms with Crippen LogP contribution in [0.1, 0.15) is 27.3 Å². The number of amides is 1. The van der Waals surface area contributed by atoms with Crippen LogP contribution in [-0.4, -0.2) is 38.5 Å². The average Bonchev–Trinajstić information content (AvgIpc) is 3.20. The number of hydrogen-bond acceptors (Lipinski definition) is 5. The van der Waals surface area contributed by atoms with E-state index in [1.54, 1.807) is 43.3 Å². The van der Waals surface area contributed by atoms with E-state index < -0.39 is 5.97 Å². The molecule has 0 radical (unpaired) electrons. The van der Waals surface area contributed by atoms with Crippen molar-refractivity contribution in [1.29, 1.82) is 0 Å². The Balaban J connectivity index is 1.38. The standard InChI is InChI=1S/C24H23N5O4/c1-14-27-22-21(24(33)28-14)17(12-26-22)10-7-15-5-8-16(9-6-15)23(32)29-19-4-2-3-18(11-19)25-13-20(30)31/h2-6,8-9,11-12,25H,7,10,13H2,1H3,(H,29,32)(H,30,31)(H2,26,27,28,33). The van der Waals surface area contributed by atoms with Crippen molar-refractivity contribution in [3.05, 3.63) is 87.6 Å². The number of carboxylic acids is 1. The number of rotatable bonds is 8. The maximum Gasteiger partial charge on any atom is 0.322 e. The van der Waals surface area contributed by atoms with Crippen LogP contribution in [0.2, 0.25) is 0 Å². The Morgan fingerprint density at radius 3 is 2.58 bits per heavy atom. The lowest BCUT2D eigenvalue weighted by atomic mass is 10.0. The van der Waals surface area contributed by atoms with E-state index in [9.17, 15) is 14.4 Å². The van der Waals surface area contributed by atoms with Gasteiger partial charge in [0.15, 0.2) is 0 Å². The SMILES string of the molecule is Cc1nc2[nH]cc(CCc3ccc(C(=O)Nc4cccc(NCC(=O)O)c4)cc3)c2c(=O)[nH]1. The minimum absolute atomic E-state index is 0.150. The lowest BCUT2D eigenvalue weighted by Gasteiger charge is -2.09. The lowest BCUT2D eigenvalue weighted by Crippen LogP contribution is -2.14. The van der Waals surface area contributed by atoms with Gasteiger partial charge in [-0.1, -0.05) is 18.2 Å². The van der Waals surface area contributed by atoms with Crippen molar-refractivity contribution in [3.8, 4) is 0 Å². The molecule has 0 aliphatic carbocycles. The minimum Gasteiger partial charge on any atom is -0.480 e. The van der Waals surface area contributed by atoms with E-state index in [-0.39, 0.29) is 18.0 Å². The summed E-state index contributed by atoms with van der Waals surface area (Å²) in [6.45, 7) is 1.54. The molecular formula is C24H23N5O4. The molecule has 5 N–H and O–H groups in total. The molecule has 4 aromatic rings. The van der Waals surface area contributed by atoms with Crippen molar-refractivity contribution in [2.24, 2.45) is 0 Å². The summed E-state index contributed by atoms with van der Waals surface area (Å²) >= 11 is 0. The van der Waals surface area contributed by atoms with Gasteiger partial charge in [0.2, 0.25) is 0 Å². The number of benzene rings is 2. The first kappa shape index (κ1) is 21.8. The fraction of sp³-hybridized carbons (Fsp3) is 0.167. The molecule has 0 spiro atoms. The number of nitrogens with zero attached hydrogens (tertiary/aromatic N) is 1. The molecule has 4 rings (SSSR count). The third kappa shape index (κ3) is 5.27. The number of carbonyl (C=O) groups excluding carboxylic acids is 1. The van der Waals surface area contributed by atoms with Crippen molar-refractivity contribution in [1.82, 2.24) is 15.0 Å². The van der Waals surface area contributed by atoms with Crippen molar-refractivity contribution in [3.63, 3.8) is 0 Å². The van der Waals surface area contributed by atoms with Gasteiger partial charge < -0.3 is 25.7 Å². The van der Waals surface area contributed by atoms with Gasteiger partial charge in [-0.2, -0.15) is 0 Å². The van der Waals surface area contributed by atoms with E-state index in [4.69, 9.17) is 5.11 Å². The number of aliphatic carboxylic acids is 1. The normalized spacial score (nSPS) is 10.8. The molecule has 0 bridgehead atoms. The van der Waals surface area contributed by atoms with Crippen LogP contribution in [0.25, 0.3) is 11.0 Å². The Labute approximate surface area is 188 Å². The molecule has 0 atom stereocenters. The highest BCUT2D eigenvalue weighted by atomic mass is 16.4. The smallest absolute Gasteiger partial charge is 0.322 e. The number of hydrogen-bond donors (Lipinski definition) is 5. The Kier molecular flexibility index (Phi) is 6.21. The molecule has 0 fully saturated rings. The molecule has 9 nitrogen and oxygen atoms in total. The van der Waals surface area contributed by atoms with E-state index >= 15 is 0 Å². The molecule has 0 saturated carbocycles. The van der Waals surface area contributed by atoms with Crippen molar-refractivity contribution >= 4 is 34.3 Å². The minimum atomic E-state index is -0.965. The van der Waals surface area contributed by atoms with E-state index in [0.717, 1.165) is 11.1 Å². The number of carboxylic acid groups (broad SMARTS) is 1. The first-order valence-corrected chi connectivity index (χ1v) is 10.4. The second-order valence-electron chi connectivity index (χ2n) is 7.67. The molecule has 1 amide bonds. The van der Waals surface area contributed by atoms with Crippen LogP contribution in [0.5, 0.6) is 0 Å². The predicted octanol–water partition coefficient (Wildman–Crippen LogP) is 3.09. The molecule has 168 valence electrons. The summed E-state index contributed by atoms with van der Waals surface area (Å²) in [6, 6.07) is 14.2. The summed E-state index contributed by atoms with van der Waals surface area (Å²) in [5.41, 5.74) is 4.04. The van der Waals surface area contributed by atoms with Crippen molar-refractivity contribution < 1.29 is 14.7 Å². The first-order valence-electron chi connectivity index (χ1n) is 10.4. The van der Waals surface area contributed by atoms with Gasteiger partial charge in [0.05, 0.1) is 5.39 Å². The molecule has 0 unspecified atom stereocenters. The van der Waals surface area contributed by atoms with Gasteiger partial charge in [-0.05, 0) is 61.2 Å². The fourth-order valence-electron chi connectivity index (χ4n) is 3.60. The van der Waals surface area contributed by atoms with Gasteiger partial charge in [-0.15, -0.1) is 0 Å². The summed E-state index contributed by atoms with van der Waals surface area (Å²) in [7, 11) is 0. The van der Waals surface area contributed by atoms with Gasteiger partial charge in [-0.25, -0.2) is 4.98 Å². The summed E-state index contributed by atoms with van der Waals surface area (Å²) in [4.78, 5) is 45.6. The van der Waals surface area contributed by atoms with Crippen molar-refractivity contribution in [2.75, 3.05) is 17.2 Å². The quantitative estimate of drug-likeness (QED) is 0.282. The number of carbonyl (C=O) groups is 2. The average molecular weight is 445 g/mol. The number of fused-ring (bicyclic) bond motifs is 1. The van der Waals surface area contributed by atoms with Gasteiger partial charge in [-0.3, -0.25) is 14.4 Å². The molecule has 0 aliphatic heterocycles. The van der Waals surface area contributed by atoms with Crippen LogP contribution in [-0.2, 0) is 17.6 Å². The summed E-state index contributed by atoms with van der Waals surface area (Å²) in [5, 5.41) is 14.9. The van der Waals surface area contributed by atoms with E-state index in [0.29, 0.717) is 46.6 Å². The Hall–Kier alpha value is -4.40. The molecule has 0 saturated heterocycles. The van der Waals surface area contributed by atoms with Crippen LogP contribution in [0, 0.1) is 6.92 Å². The highest BCUT2D eigenvalue weighted by Gasteiger charge is 2.11. The van der Waals surface area contributed by atoms with Crippen LogP contribution < -0.4 is 16.2 Å². The first-order chi connectivity index (χ1) is 15.9. The number of aromatic nitrogens is 3. The lowest BCUT2D eigenvalue weighted by molar-refractivity contribution is -0.134. The number of aromatic amines is 2. The number of nitrogens with one attached hydrogen (secondary N) is 4. The van der Waals surface area contributed by atoms with Crippen LogP contribution in [0.3, 0.4) is 0 Å². The fourth-order valence-corrected chi connectivity index (χ4v) is 3.60. The molecule has 0 aliphatic rings. The highest BCUT2D eigenvalue weighted by Crippen LogP contribution is 2.18. The highest BCUT2D eigenvalue weighted by molar-refractivity contribution is 6.04. The van der Waals surface area contributed by atoms with Gasteiger partial charge in [0, 0.05) is 23.1 Å². The zero-order valence-corrected chi connectivity index (χ0v) is 17.9. The van der Waals surface area contributed by atoms with Gasteiger partial charge in [0.1, 0.15) is 18.0 Å². The topological polar surface area (TPSA) is 140 Å². The summed E-state index contributed by atoms with van der Waals surface area (Å²) < 4.78 is 0. The molecule has 33 heavy (non-hydrogen) atoms. The maximum absolute atomic E-state index is 12.6.